The van der Waals surface area contributed by atoms with Crippen LogP contribution in [0.15, 0.2) is 24.3 Å². The lowest BCUT2D eigenvalue weighted by molar-refractivity contribution is -0.216. The molecule has 0 heterocycles. The highest BCUT2D eigenvalue weighted by molar-refractivity contribution is 5.77. The van der Waals surface area contributed by atoms with Gasteiger partial charge in [0.25, 0.3) is 0 Å². The molecule has 0 N–H and O–H groups in total. The lowest BCUT2D eigenvalue weighted by atomic mass is 10.0. The smallest absolute Gasteiger partial charge is 0.367 e. The Hall–Kier alpha value is -1.36. The predicted molar refractivity (Wildman–Crippen MR) is 47.6 cm³/mol. The van der Waals surface area contributed by atoms with E-state index in [2.05, 4.69) is 4.74 Å². The summed E-state index contributed by atoms with van der Waals surface area (Å²) in [4.78, 5) is 10.6. The van der Waals surface area contributed by atoms with Gasteiger partial charge in [-0.05, 0) is 0 Å². The van der Waals surface area contributed by atoms with Crippen LogP contribution in [-0.2, 0) is 4.74 Å². The molecule has 5 heteroatoms. The molecule has 1 atom stereocenters. The number of methoxy groups -OCH3 is 1. The van der Waals surface area contributed by atoms with E-state index in [1.807, 2.05) is 0 Å². The Morgan fingerprint density at radius 1 is 1.33 bits per heavy atom. The number of carbonyl (C=O) groups excluding carboxylic acids is 1. The molecule has 15 heavy (non-hydrogen) atoms. The molecule has 0 saturated carbocycles. The van der Waals surface area contributed by atoms with Crippen molar-refractivity contribution in [3.8, 4) is 0 Å². The topological polar surface area (TPSA) is 26.3 Å². The van der Waals surface area contributed by atoms with E-state index >= 15 is 0 Å². The molecule has 0 aliphatic rings. The maximum atomic E-state index is 12.5. The van der Waals surface area contributed by atoms with Crippen LogP contribution >= 0.6 is 0 Å². The van der Waals surface area contributed by atoms with Crippen LogP contribution in [0.1, 0.15) is 22.0 Å². The summed E-state index contributed by atoms with van der Waals surface area (Å²) in [5, 5.41) is 0. The van der Waals surface area contributed by atoms with E-state index in [1.54, 1.807) is 0 Å². The van der Waals surface area contributed by atoms with E-state index in [1.165, 1.54) is 24.3 Å². The average Bonchev–Trinajstić information content (AvgIpc) is 2.17. The standard InChI is InChI=1S/C10H9F3O2/c1-15-9(10(11,12)13)8-5-3-2-4-7(8)6-14/h2-6,9H,1H3. The number of benzene rings is 1. The third kappa shape index (κ3) is 2.56. The van der Waals surface area contributed by atoms with Gasteiger partial charge in [-0.2, -0.15) is 13.2 Å². The number of rotatable bonds is 3. The molecule has 1 rings (SSSR count). The van der Waals surface area contributed by atoms with E-state index in [9.17, 15) is 18.0 Å². The van der Waals surface area contributed by atoms with E-state index < -0.39 is 12.3 Å². The van der Waals surface area contributed by atoms with Gasteiger partial charge in [-0.25, -0.2) is 0 Å². The third-order valence-corrected chi connectivity index (χ3v) is 1.94. The first kappa shape index (κ1) is 11.7. The van der Waals surface area contributed by atoms with Gasteiger partial charge in [-0.15, -0.1) is 0 Å². The number of aldehydes is 1. The van der Waals surface area contributed by atoms with Crippen LogP contribution in [0.3, 0.4) is 0 Å². The summed E-state index contributed by atoms with van der Waals surface area (Å²) in [5.74, 6) is 0. The molecule has 0 aliphatic carbocycles. The van der Waals surface area contributed by atoms with Gasteiger partial charge in [0.1, 0.15) is 6.29 Å². The average molecular weight is 218 g/mol. The van der Waals surface area contributed by atoms with Crippen LogP contribution in [0.4, 0.5) is 13.2 Å². The van der Waals surface area contributed by atoms with Crippen molar-refractivity contribution in [1.82, 2.24) is 0 Å². The van der Waals surface area contributed by atoms with Crippen LogP contribution in [0.25, 0.3) is 0 Å². The molecule has 0 bridgehead atoms. The maximum Gasteiger partial charge on any atom is 0.418 e. The molecule has 1 unspecified atom stereocenters. The number of ether oxygens (including phenoxy) is 1. The number of alkyl halides is 3. The SMILES string of the molecule is COC(c1ccccc1C=O)C(F)(F)F. The summed E-state index contributed by atoms with van der Waals surface area (Å²) in [6.45, 7) is 0. The molecule has 1 aromatic rings. The summed E-state index contributed by atoms with van der Waals surface area (Å²) in [5.41, 5.74) is -0.177. The highest BCUT2D eigenvalue weighted by atomic mass is 19.4. The normalized spacial score (nSPS) is 13.6. The summed E-state index contributed by atoms with van der Waals surface area (Å²) >= 11 is 0. The molecule has 0 aliphatic heterocycles. The van der Waals surface area contributed by atoms with E-state index in [0.29, 0.717) is 6.29 Å². The number of halogens is 3. The minimum absolute atomic E-state index is 0.0123. The number of carbonyl (C=O) groups is 1. The monoisotopic (exact) mass is 218 g/mol. The molecule has 0 fully saturated rings. The van der Waals surface area contributed by atoms with Gasteiger partial charge in [-0.3, -0.25) is 4.79 Å². The predicted octanol–water partition coefficient (Wildman–Crippen LogP) is 2.75. The highest BCUT2D eigenvalue weighted by Crippen LogP contribution is 2.36. The van der Waals surface area contributed by atoms with Crippen molar-refractivity contribution in [3.63, 3.8) is 0 Å². The Balaban J connectivity index is 3.17. The first-order valence-electron chi connectivity index (χ1n) is 4.14. The van der Waals surface area contributed by atoms with Crippen molar-refractivity contribution in [2.75, 3.05) is 7.11 Å². The van der Waals surface area contributed by atoms with Gasteiger partial charge in [0.15, 0.2) is 6.10 Å². The van der Waals surface area contributed by atoms with Crippen molar-refractivity contribution in [1.29, 1.82) is 0 Å². The quantitative estimate of drug-likeness (QED) is 0.729. The molecule has 0 aromatic heterocycles. The fourth-order valence-corrected chi connectivity index (χ4v) is 1.29. The van der Waals surface area contributed by atoms with Crippen LogP contribution in [-0.4, -0.2) is 19.6 Å². The molecule has 2 nitrogen and oxygen atoms in total. The maximum absolute atomic E-state index is 12.5. The molecular weight excluding hydrogens is 209 g/mol. The second-order valence-electron chi connectivity index (χ2n) is 2.90. The number of hydrogen-bond acceptors (Lipinski definition) is 2. The van der Waals surface area contributed by atoms with Gasteiger partial charge < -0.3 is 4.74 Å². The first-order valence-corrected chi connectivity index (χ1v) is 4.14. The molecule has 1 aromatic carbocycles. The summed E-state index contributed by atoms with van der Waals surface area (Å²) in [7, 11) is 0.958. The van der Waals surface area contributed by atoms with Crippen LogP contribution in [0, 0.1) is 0 Å². The highest BCUT2D eigenvalue weighted by Gasteiger charge is 2.42. The van der Waals surface area contributed by atoms with Crippen molar-refractivity contribution in [2.24, 2.45) is 0 Å². The van der Waals surface area contributed by atoms with Crippen molar-refractivity contribution in [3.05, 3.63) is 35.4 Å². The van der Waals surface area contributed by atoms with Gasteiger partial charge in [0.05, 0.1) is 0 Å². The minimum atomic E-state index is -4.52. The third-order valence-electron chi connectivity index (χ3n) is 1.94. The molecule has 0 amide bonds. The van der Waals surface area contributed by atoms with E-state index in [0.717, 1.165) is 7.11 Å². The second kappa shape index (κ2) is 4.44. The minimum Gasteiger partial charge on any atom is -0.367 e. The van der Waals surface area contributed by atoms with Gasteiger partial charge >= 0.3 is 6.18 Å². The Labute approximate surface area is 84.7 Å². The van der Waals surface area contributed by atoms with E-state index in [4.69, 9.17) is 0 Å². The fraction of sp³-hybridized carbons (Fsp3) is 0.300. The van der Waals surface area contributed by atoms with E-state index in [-0.39, 0.29) is 11.1 Å². The fourth-order valence-electron chi connectivity index (χ4n) is 1.29. The molecular formula is C10H9F3O2. The lowest BCUT2D eigenvalue weighted by Crippen LogP contribution is -2.23. The van der Waals surface area contributed by atoms with Gasteiger partial charge in [-0.1, -0.05) is 24.3 Å². The van der Waals surface area contributed by atoms with Crippen LogP contribution in [0.5, 0.6) is 0 Å². The van der Waals surface area contributed by atoms with Crippen LogP contribution in [0.2, 0.25) is 0 Å². The first-order chi connectivity index (χ1) is 7.00. The van der Waals surface area contributed by atoms with Gasteiger partial charge in [0, 0.05) is 18.2 Å². The van der Waals surface area contributed by atoms with Gasteiger partial charge in [0.2, 0.25) is 0 Å². The zero-order valence-corrected chi connectivity index (χ0v) is 7.91. The molecule has 0 saturated heterocycles. The van der Waals surface area contributed by atoms with Crippen molar-refractivity contribution < 1.29 is 22.7 Å². The Kier molecular flexibility index (Phi) is 3.47. The molecule has 0 spiro atoms. The zero-order chi connectivity index (χ0) is 11.5. The largest absolute Gasteiger partial charge is 0.418 e. The lowest BCUT2D eigenvalue weighted by Gasteiger charge is -2.20. The Morgan fingerprint density at radius 3 is 2.40 bits per heavy atom. The van der Waals surface area contributed by atoms with Crippen LogP contribution < -0.4 is 0 Å². The Morgan fingerprint density at radius 2 is 1.93 bits per heavy atom. The second-order valence-corrected chi connectivity index (χ2v) is 2.90. The summed E-state index contributed by atoms with van der Waals surface area (Å²) in [6.07, 6.45) is -6.19. The summed E-state index contributed by atoms with van der Waals surface area (Å²) < 4.78 is 41.8. The molecule has 0 radical (unpaired) electrons. The van der Waals surface area contributed by atoms with Crippen molar-refractivity contribution in [2.45, 2.75) is 12.3 Å². The molecule has 82 valence electrons. The Bertz CT molecular complexity index is 347. The zero-order valence-electron chi connectivity index (χ0n) is 7.91. The van der Waals surface area contributed by atoms with Crippen molar-refractivity contribution >= 4 is 6.29 Å². The summed E-state index contributed by atoms with van der Waals surface area (Å²) in [6, 6.07) is 5.47. The number of hydrogen-bond donors (Lipinski definition) is 0.